The lowest BCUT2D eigenvalue weighted by Crippen LogP contribution is -2.35. The minimum atomic E-state index is -0.00993. The highest BCUT2D eigenvalue weighted by molar-refractivity contribution is 14.1. The van der Waals surface area contributed by atoms with E-state index in [0.29, 0.717) is 0 Å². The average molecular weight is 316 g/mol. The summed E-state index contributed by atoms with van der Waals surface area (Å²) in [6, 6.07) is 7.81. The van der Waals surface area contributed by atoms with Gasteiger partial charge < -0.3 is 10.6 Å². The van der Waals surface area contributed by atoms with Gasteiger partial charge in [0.25, 0.3) is 0 Å². The van der Waals surface area contributed by atoms with E-state index < -0.39 is 0 Å². The molecule has 1 atom stereocenters. The Balaban J connectivity index is 1.96. The van der Waals surface area contributed by atoms with E-state index in [2.05, 4.69) is 33.2 Å². The van der Waals surface area contributed by atoms with Crippen molar-refractivity contribution in [2.24, 2.45) is 0 Å². The number of nitrogens with one attached hydrogen (secondary N) is 2. The molecule has 0 radical (unpaired) electrons. The quantitative estimate of drug-likeness (QED) is 0.819. The van der Waals surface area contributed by atoms with Crippen LogP contribution in [-0.4, -0.2) is 18.5 Å². The summed E-state index contributed by atoms with van der Waals surface area (Å²) in [5.41, 5.74) is 0.870. The zero-order valence-corrected chi connectivity index (χ0v) is 10.5. The van der Waals surface area contributed by atoms with Gasteiger partial charge in [-0.1, -0.05) is 0 Å². The molecule has 1 aromatic carbocycles. The number of anilines is 1. The Hall–Kier alpha value is -0.620. The van der Waals surface area contributed by atoms with E-state index in [1.165, 1.54) is 3.57 Å². The second-order valence-electron chi connectivity index (χ2n) is 3.65. The van der Waals surface area contributed by atoms with Gasteiger partial charge in [-0.2, -0.15) is 0 Å². The Morgan fingerprint density at radius 3 is 2.73 bits per heavy atom. The first kappa shape index (κ1) is 10.9. The normalized spacial score (nSPS) is 20.2. The summed E-state index contributed by atoms with van der Waals surface area (Å²) in [7, 11) is 0. The van der Waals surface area contributed by atoms with Crippen LogP contribution in [0.25, 0.3) is 0 Å². The number of hydrogen-bond donors (Lipinski definition) is 2. The van der Waals surface area contributed by atoms with Gasteiger partial charge in [0, 0.05) is 9.26 Å². The number of halogens is 1. The van der Waals surface area contributed by atoms with Crippen molar-refractivity contribution in [1.29, 1.82) is 0 Å². The van der Waals surface area contributed by atoms with E-state index in [4.69, 9.17) is 0 Å². The fraction of sp³-hybridized carbons (Fsp3) is 0.364. The van der Waals surface area contributed by atoms with Crippen LogP contribution in [0.2, 0.25) is 0 Å². The molecule has 15 heavy (non-hydrogen) atoms. The zero-order valence-electron chi connectivity index (χ0n) is 8.29. The third-order valence-corrected chi connectivity index (χ3v) is 3.21. The van der Waals surface area contributed by atoms with Crippen LogP contribution in [0, 0.1) is 3.57 Å². The predicted octanol–water partition coefficient (Wildman–Crippen LogP) is 1.98. The minimum absolute atomic E-state index is 0.00993. The Kier molecular flexibility index (Phi) is 3.58. The van der Waals surface area contributed by atoms with E-state index in [0.717, 1.165) is 25.1 Å². The maximum atomic E-state index is 11.7. The summed E-state index contributed by atoms with van der Waals surface area (Å²) in [4.78, 5) is 11.7. The molecule has 1 aliphatic rings. The Bertz CT molecular complexity index is 344. The monoisotopic (exact) mass is 316 g/mol. The summed E-state index contributed by atoms with van der Waals surface area (Å²) in [5, 5.41) is 6.08. The van der Waals surface area contributed by atoms with E-state index in [1.807, 2.05) is 24.3 Å². The smallest absolute Gasteiger partial charge is 0.241 e. The first-order valence-corrected chi connectivity index (χ1v) is 6.13. The molecule has 3 nitrogen and oxygen atoms in total. The molecular weight excluding hydrogens is 303 g/mol. The van der Waals surface area contributed by atoms with Crippen molar-refractivity contribution >= 4 is 34.2 Å². The lowest BCUT2D eigenvalue weighted by atomic mass is 10.2. The molecule has 1 amide bonds. The first-order valence-electron chi connectivity index (χ1n) is 5.05. The largest absolute Gasteiger partial charge is 0.325 e. The van der Waals surface area contributed by atoms with Crippen molar-refractivity contribution in [2.45, 2.75) is 18.9 Å². The molecule has 0 aliphatic carbocycles. The predicted molar refractivity (Wildman–Crippen MR) is 68.8 cm³/mol. The van der Waals surface area contributed by atoms with Gasteiger partial charge in [-0.05, 0) is 66.2 Å². The highest BCUT2D eigenvalue weighted by atomic mass is 127. The van der Waals surface area contributed by atoms with Gasteiger partial charge in [0.2, 0.25) is 5.91 Å². The molecule has 0 spiro atoms. The molecule has 1 heterocycles. The SMILES string of the molecule is O=C(Nc1ccc(I)cc1)[C@H]1CCCN1. The van der Waals surface area contributed by atoms with Crippen LogP contribution in [-0.2, 0) is 4.79 Å². The molecule has 4 heteroatoms. The van der Waals surface area contributed by atoms with E-state index in [1.54, 1.807) is 0 Å². The van der Waals surface area contributed by atoms with Gasteiger partial charge in [-0.15, -0.1) is 0 Å². The summed E-state index contributed by atoms with van der Waals surface area (Å²) >= 11 is 2.24. The van der Waals surface area contributed by atoms with Crippen LogP contribution in [0.15, 0.2) is 24.3 Å². The molecule has 2 N–H and O–H groups in total. The molecule has 0 unspecified atom stereocenters. The molecule has 1 fully saturated rings. The summed E-state index contributed by atoms with van der Waals surface area (Å²) in [5.74, 6) is 0.0775. The molecule has 2 rings (SSSR count). The summed E-state index contributed by atoms with van der Waals surface area (Å²) in [6.07, 6.45) is 2.03. The molecular formula is C11H13IN2O. The van der Waals surface area contributed by atoms with Crippen LogP contribution in [0.4, 0.5) is 5.69 Å². The summed E-state index contributed by atoms with van der Waals surface area (Å²) < 4.78 is 1.17. The van der Waals surface area contributed by atoms with Crippen LogP contribution in [0.1, 0.15) is 12.8 Å². The fourth-order valence-corrected chi connectivity index (χ4v) is 2.03. The molecule has 1 aromatic rings. The van der Waals surface area contributed by atoms with Crippen molar-refractivity contribution in [3.05, 3.63) is 27.8 Å². The van der Waals surface area contributed by atoms with Crippen LogP contribution < -0.4 is 10.6 Å². The first-order chi connectivity index (χ1) is 7.25. The van der Waals surface area contributed by atoms with Gasteiger partial charge in [-0.25, -0.2) is 0 Å². The van der Waals surface area contributed by atoms with Crippen molar-refractivity contribution in [2.75, 3.05) is 11.9 Å². The maximum absolute atomic E-state index is 11.7. The second kappa shape index (κ2) is 4.94. The standard InChI is InChI=1S/C11H13IN2O/c12-8-3-5-9(6-4-8)14-11(15)10-2-1-7-13-10/h3-6,10,13H,1-2,7H2,(H,14,15)/t10-/m1/s1. The second-order valence-corrected chi connectivity index (χ2v) is 4.89. The van der Waals surface area contributed by atoms with Crippen molar-refractivity contribution in [3.63, 3.8) is 0 Å². The number of hydrogen-bond acceptors (Lipinski definition) is 2. The number of amides is 1. The van der Waals surface area contributed by atoms with E-state index in [-0.39, 0.29) is 11.9 Å². The lowest BCUT2D eigenvalue weighted by Gasteiger charge is -2.10. The van der Waals surface area contributed by atoms with Crippen LogP contribution in [0.5, 0.6) is 0 Å². The van der Waals surface area contributed by atoms with Gasteiger partial charge in [-0.3, -0.25) is 4.79 Å². The average Bonchev–Trinajstić information content (AvgIpc) is 2.74. The molecule has 0 bridgehead atoms. The molecule has 0 aromatic heterocycles. The highest BCUT2D eigenvalue weighted by Gasteiger charge is 2.21. The van der Waals surface area contributed by atoms with Crippen molar-refractivity contribution < 1.29 is 4.79 Å². The van der Waals surface area contributed by atoms with Crippen LogP contribution >= 0.6 is 22.6 Å². The zero-order chi connectivity index (χ0) is 10.7. The minimum Gasteiger partial charge on any atom is -0.325 e. The number of carbonyl (C=O) groups is 1. The Labute approximate surface area is 103 Å². The van der Waals surface area contributed by atoms with Crippen molar-refractivity contribution in [1.82, 2.24) is 5.32 Å². The summed E-state index contributed by atoms with van der Waals surface area (Å²) in [6.45, 7) is 0.949. The third-order valence-electron chi connectivity index (χ3n) is 2.49. The van der Waals surface area contributed by atoms with Crippen LogP contribution in [0.3, 0.4) is 0 Å². The maximum Gasteiger partial charge on any atom is 0.241 e. The topological polar surface area (TPSA) is 41.1 Å². The number of carbonyl (C=O) groups excluding carboxylic acids is 1. The van der Waals surface area contributed by atoms with Gasteiger partial charge in [0.05, 0.1) is 6.04 Å². The lowest BCUT2D eigenvalue weighted by molar-refractivity contribution is -0.117. The van der Waals surface area contributed by atoms with E-state index in [9.17, 15) is 4.79 Å². The Morgan fingerprint density at radius 1 is 1.40 bits per heavy atom. The third kappa shape index (κ3) is 2.92. The highest BCUT2D eigenvalue weighted by Crippen LogP contribution is 2.13. The van der Waals surface area contributed by atoms with Gasteiger partial charge in [0.15, 0.2) is 0 Å². The number of rotatable bonds is 2. The Morgan fingerprint density at radius 2 is 2.13 bits per heavy atom. The fourth-order valence-electron chi connectivity index (χ4n) is 1.67. The van der Waals surface area contributed by atoms with Gasteiger partial charge in [0.1, 0.15) is 0 Å². The number of benzene rings is 1. The molecule has 1 saturated heterocycles. The van der Waals surface area contributed by atoms with E-state index >= 15 is 0 Å². The van der Waals surface area contributed by atoms with Gasteiger partial charge >= 0.3 is 0 Å². The van der Waals surface area contributed by atoms with Crippen molar-refractivity contribution in [3.8, 4) is 0 Å². The molecule has 1 aliphatic heterocycles. The molecule has 0 saturated carbocycles. The molecule has 80 valence electrons.